The van der Waals surface area contributed by atoms with E-state index >= 15 is 0 Å². The molecule has 5 rings (SSSR count). The van der Waals surface area contributed by atoms with Crippen LogP contribution in [0, 0.1) is 24.6 Å². The molecule has 11 heteroatoms. The standard InChI is InChI=1S/2C8H9ClO.3C8H9FO.CH4O/c1-10-6-7-2-4-8(9)5-3-7;1-10-6-7-3-2-4-8(9)5-7;1-10-6-7-2-4-8(9)5-3-7;1-10-6-7-3-2-4-8(9)5-7;1-10-6-7-4-2-3-5-8(7)9;1-2/h5*2-5H,6H2,1H3;1-2H2. The Balaban J connectivity index is 0.000000617. The van der Waals surface area contributed by atoms with Crippen molar-refractivity contribution in [3.05, 3.63) is 184 Å². The molecule has 0 atom stereocenters. The fourth-order valence-electron chi connectivity index (χ4n) is 3.85. The van der Waals surface area contributed by atoms with Gasteiger partial charge in [0.25, 0.3) is 0 Å². The fourth-order valence-corrected chi connectivity index (χ4v) is 4.19. The second kappa shape index (κ2) is 31.9. The molecule has 5 aromatic carbocycles. The van der Waals surface area contributed by atoms with E-state index in [4.69, 9.17) is 52.0 Å². The number of methoxy groups -OCH3 is 5. The average Bonchev–Trinajstić information content (AvgIpc) is 3.14. The maximum absolute atomic E-state index is 12.7. The quantitative estimate of drug-likeness (QED) is 0.105. The molecule has 0 aliphatic rings. The number of hydrogen-bond donors (Lipinski definition) is 0. The van der Waals surface area contributed by atoms with Crippen molar-refractivity contribution in [2.75, 3.05) is 35.5 Å². The molecule has 0 aliphatic carbocycles. The molecular formula is C41H49Cl2F3O6. The lowest BCUT2D eigenvalue weighted by molar-refractivity contribution is 0.181. The van der Waals surface area contributed by atoms with Crippen LogP contribution in [0.2, 0.25) is 10.0 Å². The van der Waals surface area contributed by atoms with Crippen LogP contribution >= 0.6 is 23.2 Å². The molecule has 0 aliphatic heterocycles. The highest BCUT2D eigenvalue weighted by Gasteiger charge is 1.97. The first-order valence-corrected chi connectivity index (χ1v) is 16.4. The SMILES string of the molecule is COCc1ccc(Cl)cc1.COCc1ccc(F)cc1.COCc1cccc(Cl)c1.COCc1cccc(F)c1.COCc1ccccc1F.[CH2-][OH2+]. The van der Waals surface area contributed by atoms with Crippen molar-refractivity contribution in [3.63, 3.8) is 0 Å². The van der Waals surface area contributed by atoms with Crippen molar-refractivity contribution >= 4 is 23.2 Å². The largest absolute Gasteiger partial charge is 0.593 e. The van der Waals surface area contributed by atoms with Gasteiger partial charge in [-0.25, -0.2) is 13.2 Å². The molecular weight excluding hydrogens is 716 g/mol. The van der Waals surface area contributed by atoms with Gasteiger partial charge in [-0.2, -0.15) is 0 Å². The van der Waals surface area contributed by atoms with E-state index in [0.717, 1.165) is 32.3 Å². The summed E-state index contributed by atoms with van der Waals surface area (Å²) in [6, 6.07) is 34.5. The third-order valence-corrected chi connectivity index (χ3v) is 6.59. The Labute approximate surface area is 316 Å². The molecule has 0 heterocycles. The molecule has 0 aromatic heterocycles. The van der Waals surface area contributed by atoms with Crippen LogP contribution in [0.25, 0.3) is 0 Å². The van der Waals surface area contributed by atoms with Gasteiger partial charge < -0.3 is 28.8 Å². The van der Waals surface area contributed by atoms with E-state index in [2.05, 4.69) is 7.11 Å². The molecule has 284 valence electrons. The summed E-state index contributed by atoms with van der Waals surface area (Å²) in [4.78, 5) is 0. The molecule has 0 fully saturated rings. The minimum Gasteiger partial charge on any atom is -0.593 e. The van der Waals surface area contributed by atoms with Crippen LogP contribution in [0.4, 0.5) is 13.2 Å². The Morgan fingerprint density at radius 1 is 0.442 bits per heavy atom. The van der Waals surface area contributed by atoms with E-state index in [9.17, 15) is 13.2 Å². The Bertz CT molecular complexity index is 1480. The van der Waals surface area contributed by atoms with E-state index in [1.807, 2.05) is 54.6 Å². The van der Waals surface area contributed by atoms with Gasteiger partial charge in [0.15, 0.2) is 0 Å². The Kier molecular flexibility index (Phi) is 29.6. The second-order valence-electron chi connectivity index (χ2n) is 10.3. The van der Waals surface area contributed by atoms with Crippen molar-refractivity contribution in [3.8, 4) is 0 Å². The van der Waals surface area contributed by atoms with Gasteiger partial charge in [0.1, 0.15) is 17.5 Å². The first-order valence-electron chi connectivity index (χ1n) is 15.7. The summed E-state index contributed by atoms with van der Waals surface area (Å²) in [7, 11) is 10.6. The van der Waals surface area contributed by atoms with Crippen LogP contribution in [-0.2, 0) is 56.7 Å². The maximum atomic E-state index is 12.7. The summed E-state index contributed by atoms with van der Waals surface area (Å²) in [5, 5.41) is 7.02. The normalized spacial score (nSPS) is 9.54. The summed E-state index contributed by atoms with van der Waals surface area (Å²) >= 11 is 11.4. The molecule has 0 unspecified atom stereocenters. The zero-order chi connectivity index (χ0) is 39.0. The minimum absolute atomic E-state index is 0.204. The molecule has 0 bridgehead atoms. The molecule has 6 nitrogen and oxygen atoms in total. The predicted molar refractivity (Wildman–Crippen MR) is 205 cm³/mol. The lowest BCUT2D eigenvalue weighted by Crippen LogP contribution is -1.90. The van der Waals surface area contributed by atoms with Gasteiger partial charge in [0.2, 0.25) is 0 Å². The van der Waals surface area contributed by atoms with Gasteiger partial charge in [-0.1, -0.05) is 97.0 Å². The topological polar surface area (TPSA) is 69.1 Å². The van der Waals surface area contributed by atoms with Crippen LogP contribution in [0.3, 0.4) is 0 Å². The fraction of sp³-hybridized carbons (Fsp3) is 0.244. The lowest BCUT2D eigenvalue weighted by atomic mass is 10.2. The van der Waals surface area contributed by atoms with Crippen LogP contribution in [0.1, 0.15) is 27.8 Å². The van der Waals surface area contributed by atoms with Crippen LogP contribution < -0.4 is 0 Å². The van der Waals surface area contributed by atoms with Gasteiger partial charge in [-0.15, -0.1) is 0 Å². The number of hydrogen-bond acceptors (Lipinski definition) is 5. The molecule has 0 saturated heterocycles. The summed E-state index contributed by atoms with van der Waals surface area (Å²) < 4.78 is 61.7. The highest BCUT2D eigenvalue weighted by molar-refractivity contribution is 6.30. The molecule has 2 N–H and O–H groups in total. The smallest absolute Gasteiger partial charge is 0.128 e. The number of rotatable bonds is 10. The van der Waals surface area contributed by atoms with Gasteiger partial charge >= 0.3 is 0 Å². The lowest BCUT2D eigenvalue weighted by Gasteiger charge is -1.98. The third-order valence-electron chi connectivity index (χ3n) is 6.11. The maximum Gasteiger partial charge on any atom is 0.128 e. The molecule has 0 amide bonds. The van der Waals surface area contributed by atoms with Crippen molar-refractivity contribution in [2.45, 2.75) is 33.0 Å². The van der Waals surface area contributed by atoms with E-state index in [1.54, 1.807) is 71.9 Å². The second-order valence-corrected chi connectivity index (χ2v) is 11.1. The minimum atomic E-state index is -0.213. The van der Waals surface area contributed by atoms with Crippen molar-refractivity contribution in [1.82, 2.24) is 0 Å². The highest BCUT2D eigenvalue weighted by Crippen LogP contribution is 2.11. The first kappa shape index (κ1) is 48.2. The van der Waals surface area contributed by atoms with Gasteiger partial charge in [0, 0.05) is 51.2 Å². The molecule has 0 saturated carbocycles. The summed E-state index contributed by atoms with van der Waals surface area (Å²) in [6.45, 7) is 2.63. The van der Waals surface area contributed by atoms with Crippen LogP contribution in [0.5, 0.6) is 0 Å². The molecule has 5 aromatic rings. The monoisotopic (exact) mass is 764 g/mol. The third kappa shape index (κ3) is 24.4. The molecule has 0 spiro atoms. The number of ether oxygens (including phenoxy) is 5. The van der Waals surface area contributed by atoms with Crippen molar-refractivity contribution in [2.24, 2.45) is 0 Å². The first-order chi connectivity index (χ1) is 25.1. The van der Waals surface area contributed by atoms with Gasteiger partial charge in [-0.05, 0) is 76.9 Å². The highest BCUT2D eigenvalue weighted by atomic mass is 35.5. The number of benzene rings is 5. The summed E-state index contributed by atoms with van der Waals surface area (Å²) in [6.07, 6.45) is 0. The van der Waals surface area contributed by atoms with Crippen LogP contribution in [0.15, 0.2) is 121 Å². The van der Waals surface area contributed by atoms with E-state index < -0.39 is 0 Å². The Morgan fingerprint density at radius 3 is 1.35 bits per heavy atom. The van der Waals surface area contributed by atoms with Crippen molar-refractivity contribution < 1.29 is 42.0 Å². The molecule has 0 radical (unpaired) electrons. The van der Waals surface area contributed by atoms with E-state index in [0.29, 0.717) is 38.6 Å². The Morgan fingerprint density at radius 2 is 0.885 bits per heavy atom. The van der Waals surface area contributed by atoms with E-state index in [-0.39, 0.29) is 17.5 Å². The van der Waals surface area contributed by atoms with Crippen LogP contribution in [-0.4, -0.2) is 40.7 Å². The van der Waals surface area contributed by atoms with Gasteiger partial charge in [-0.3, -0.25) is 0 Å². The Hall–Kier alpha value is -3.77. The zero-order valence-electron chi connectivity index (χ0n) is 30.2. The predicted octanol–water partition coefficient (Wildman–Crippen LogP) is 10.4. The average molecular weight is 766 g/mol. The van der Waals surface area contributed by atoms with Crippen molar-refractivity contribution in [1.29, 1.82) is 0 Å². The van der Waals surface area contributed by atoms with E-state index in [1.165, 1.54) is 30.3 Å². The summed E-state index contributed by atoms with van der Waals surface area (Å²) in [5.41, 5.74) is 4.71. The van der Waals surface area contributed by atoms with Gasteiger partial charge in [0.05, 0.1) is 33.0 Å². The summed E-state index contributed by atoms with van der Waals surface area (Å²) in [5.74, 6) is -0.626. The molecule has 52 heavy (non-hydrogen) atoms. The zero-order valence-corrected chi connectivity index (χ0v) is 31.7. The number of halogens is 5.